The average Bonchev–Trinajstić information content (AvgIpc) is 3.44. The first-order valence-corrected chi connectivity index (χ1v) is 29.2. The molecule has 0 unspecified atom stereocenters. The number of halogens is 7. The van der Waals surface area contributed by atoms with Crippen molar-refractivity contribution in [3.63, 3.8) is 0 Å². The van der Waals surface area contributed by atoms with Gasteiger partial charge in [-0.2, -0.15) is 0 Å². The summed E-state index contributed by atoms with van der Waals surface area (Å²) >= 11 is 1.75. The zero-order chi connectivity index (χ0) is 52.3. The molecule has 5 heterocycles. The van der Waals surface area contributed by atoms with Crippen molar-refractivity contribution >= 4 is 40.8 Å². The summed E-state index contributed by atoms with van der Waals surface area (Å²) in [5.74, 6) is 0. The van der Waals surface area contributed by atoms with Crippen molar-refractivity contribution in [3.05, 3.63) is 266 Å². The van der Waals surface area contributed by atoms with Crippen LogP contribution in [0.15, 0.2) is 237 Å². The van der Waals surface area contributed by atoms with Crippen molar-refractivity contribution in [2.45, 2.75) is 25.7 Å². The van der Waals surface area contributed by atoms with Crippen molar-refractivity contribution in [1.82, 2.24) is 24.9 Å². The van der Waals surface area contributed by atoms with Gasteiger partial charge in [-0.1, -0.05) is 145 Å². The number of hydrogen-bond donors (Lipinski definition) is 0. The summed E-state index contributed by atoms with van der Waals surface area (Å²) in [6.07, 6.45) is 13.0. The quantitative estimate of drug-likeness (QED) is 0.0689. The third kappa shape index (κ3) is 19.2. The van der Waals surface area contributed by atoms with Gasteiger partial charge in [0.25, 0.3) is 0 Å². The smallest absolute Gasteiger partial charge is 0.305 e. The second kappa shape index (κ2) is 27.1. The zero-order valence-electron chi connectivity index (χ0n) is 39.8. The molecule has 5 aromatic heterocycles. The number of aryl methyl sites for hydroxylation is 4. The fourth-order valence-electron chi connectivity index (χ4n) is 7.92. The van der Waals surface area contributed by atoms with E-state index >= 15 is 0 Å². The van der Waals surface area contributed by atoms with Crippen LogP contribution in [0.25, 0.3) is 45.2 Å². The third-order valence-electron chi connectivity index (χ3n) is 11.2. The fraction of sp³-hybridized carbons (Fsp3) is 0.0678. The number of nitrogens with zero attached hydrogens (tertiary/aromatic N) is 5. The zero-order valence-corrected chi connectivity index (χ0v) is 46.2. The molecule has 0 N–H and O–H groups in total. The Kier molecular flexibility index (Phi) is 21.1. The van der Waals surface area contributed by atoms with Gasteiger partial charge in [-0.15, -0.1) is 29.8 Å². The third-order valence-corrected chi connectivity index (χ3v) is 13.7. The molecule has 0 atom stereocenters. The first kappa shape index (κ1) is 58.2. The van der Waals surface area contributed by atoms with Crippen LogP contribution in [0.4, 0.5) is 25.2 Å². The molecule has 5 nitrogen and oxygen atoms in total. The maximum atomic E-state index is 9.87. The van der Waals surface area contributed by atoms with Crippen LogP contribution in [0.2, 0.25) is 0 Å². The molecular formula is C59H47AuClF6N5P2Ru. The molecule has 386 valence electrons. The molecular weight excluding hydrogens is 1290 g/mol. The number of pyridine rings is 5. The molecule has 10 aromatic rings. The van der Waals surface area contributed by atoms with Gasteiger partial charge in [0, 0.05) is 31.0 Å². The minimum atomic E-state index is -10.7. The number of hydrogen-bond acceptors (Lipinski definition) is 5. The molecule has 0 aliphatic heterocycles. The van der Waals surface area contributed by atoms with Crippen LogP contribution in [0.1, 0.15) is 22.3 Å². The molecule has 14 rings (SSSR count). The summed E-state index contributed by atoms with van der Waals surface area (Å²) in [4.78, 5) is 21.2. The van der Waals surface area contributed by atoms with Gasteiger partial charge in [0.1, 0.15) is 0 Å². The largest absolute Gasteiger partial charge is 2.00 e. The van der Waals surface area contributed by atoms with Crippen LogP contribution in [0, 0.1) is 6.07 Å². The van der Waals surface area contributed by atoms with Crippen molar-refractivity contribution in [2.24, 2.45) is 0 Å². The van der Waals surface area contributed by atoms with Crippen molar-refractivity contribution < 1.29 is 64.6 Å². The van der Waals surface area contributed by atoms with Gasteiger partial charge in [0.2, 0.25) is 0 Å². The minimum absolute atomic E-state index is 0. The molecule has 4 aliphatic rings. The van der Waals surface area contributed by atoms with Crippen molar-refractivity contribution in [3.8, 4) is 45.2 Å². The SMILES string of the molecule is F[P-](F)(F)(F)(F)F.[Cl][Au].[Ru+2].[c-]1cc(-c2cc3ccc2CCc2ccc(c(P(c4ccccc4)c4ccccc4)c2)CC3)ccc1-c1ccccn1.c1ccc(-c2ccccn2)nc1.c1ccc(-c2ccccn2)nc1. The Hall–Kier alpha value is -6.06. The molecule has 0 amide bonds. The summed E-state index contributed by atoms with van der Waals surface area (Å²) in [5.41, 5.74) is 13.9. The second-order valence-electron chi connectivity index (χ2n) is 16.5. The summed E-state index contributed by atoms with van der Waals surface area (Å²) < 4.78 is 59.2. The maximum Gasteiger partial charge on any atom is 2.00 e. The Bertz CT molecular complexity index is 3080. The Morgan fingerprint density at radius 2 is 0.787 bits per heavy atom. The van der Waals surface area contributed by atoms with Crippen LogP contribution in [-0.2, 0) is 65.1 Å². The predicted octanol–water partition coefficient (Wildman–Crippen LogP) is 16.2. The molecule has 0 fully saturated rings. The predicted molar refractivity (Wildman–Crippen MR) is 288 cm³/mol. The standard InChI is InChI=1S/C39H31NP.2C10H8N2.Au.ClH.F6P.Ru/c1-3-9-35(10-4-1)41(36-11-5-2-6-12-36)39-28-30-15-19-31-18-14-29(16-20-34(39)21-17-30)27-37(31)32-22-24-33(25-23-32)38-13-7-8-26-40-38;2*1-3-7-11-9(5-1)10-6-2-4-8-12-10;;;1-7(2,3,4,5)6;/h1-14,17-18,21-24,26-28H,15-16,19-20H2;2*1-8H;;1H;;/q-1;;;+1;;-1;+2/p-1. The molecule has 16 heteroatoms. The van der Waals surface area contributed by atoms with Crippen molar-refractivity contribution in [1.29, 1.82) is 0 Å². The number of aromatic nitrogens is 5. The summed E-state index contributed by atoms with van der Waals surface area (Å²) in [6, 6.07) is 75.8. The molecule has 0 radical (unpaired) electrons. The van der Waals surface area contributed by atoms with E-state index in [1.165, 1.54) is 49.3 Å². The van der Waals surface area contributed by atoms with E-state index in [0.29, 0.717) is 0 Å². The van der Waals surface area contributed by atoms with Crippen LogP contribution in [0.5, 0.6) is 0 Å². The summed E-state index contributed by atoms with van der Waals surface area (Å²) in [6.45, 7) is 0. The van der Waals surface area contributed by atoms with E-state index in [1.807, 2.05) is 97.2 Å². The van der Waals surface area contributed by atoms with Crippen LogP contribution >= 0.6 is 24.9 Å². The Labute approximate surface area is 463 Å². The van der Waals surface area contributed by atoms with Crippen LogP contribution in [0.3, 0.4) is 0 Å². The maximum absolute atomic E-state index is 10.7. The van der Waals surface area contributed by atoms with E-state index in [1.54, 1.807) is 44.8 Å². The van der Waals surface area contributed by atoms with Gasteiger partial charge in [-0.05, 0) is 132 Å². The van der Waals surface area contributed by atoms with Gasteiger partial charge in [0.05, 0.1) is 22.8 Å². The average molecular weight is 1340 g/mol. The van der Waals surface area contributed by atoms with E-state index in [4.69, 9.17) is 0 Å². The molecule has 0 saturated heterocycles. The first-order chi connectivity index (χ1) is 35.7. The molecule has 0 saturated carbocycles. The topological polar surface area (TPSA) is 64.5 Å². The summed E-state index contributed by atoms with van der Waals surface area (Å²) in [5, 5.41) is 4.33. The van der Waals surface area contributed by atoms with Crippen molar-refractivity contribution in [2.75, 3.05) is 0 Å². The van der Waals surface area contributed by atoms with E-state index in [-0.39, 0.29) is 19.5 Å². The van der Waals surface area contributed by atoms with Gasteiger partial charge in [0.15, 0.2) is 0 Å². The van der Waals surface area contributed by atoms with E-state index < -0.39 is 15.7 Å². The first-order valence-electron chi connectivity index (χ1n) is 23.1. The molecule has 0 spiro atoms. The summed E-state index contributed by atoms with van der Waals surface area (Å²) in [7, 11) is -6.70. The van der Waals surface area contributed by atoms with Gasteiger partial charge >= 0.3 is 81.6 Å². The molecule has 4 aliphatic carbocycles. The normalized spacial score (nSPS) is 12.3. The minimum Gasteiger partial charge on any atom is -0.305 e. The Morgan fingerprint density at radius 3 is 1.17 bits per heavy atom. The van der Waals surface area contributed by atoms with Gasteiger partial charge in [-0.25, -0.2) is 0 Å². The van der Waals surface area contributed by atoms with E-state index in [0.717, 1.165) is 59.7 Å². The number of benzene rings is 5. The number of rotatable bonds is 7. The van der Waals surface area contributed by atoms with Crippen LogP contribution < -0.4 is 15.9 Å². The van der Waals surface area contributed by atoms with E-state index in [2.05, 4.69) is 155 Å². The Morgan fingerprint density at radius 1 is 0.413 bits per heavy atom. The van der Waals surface area contributed by atoms with Crippen LogP contribution in [-0.4, -0.2) is 24.9 Å². The molecule has 4 bridgehead atoms. The molecule has 5 aromatic carbocycles. The monoisotopic (exact) mass is 1340 g/mol. The Balaban J connectivity index is 0.000000217. The second-order valence-corrected chi connectivity index (χ2v) is 20.6. The molecule has 75 heavy (non-hydrogen) atoms. The van der Waals surface area contributed by atoms with Gasteiger partial charge < -0.3 is 4.98 Å². The van der Waals surface area contributed by atoms with E-state index in [9.17, 15) is 25.2 Å². The van der Waals surface area contributed by atoms with Gasteiger partial charge in [-0.3, -0.25) is 19.9 Å². The fourth-order valence-corrected chi connectivity index (χ4v) is 10.5.